The summed E-state index contributed by atoms with van der Waals surface area (Å²) in [6.45, 7) is 1.74. The fraction of sp³-hybridized carbons (Fsp3) is 0.111. The molecule has 134 valence electrons. The largest absolute Gasteiger partial charge is 0.495 e. The van der Waals surface area contributed by atoms with Crippen LogP contribution in [0.3, 0.4) is 0 Å². The van der Waals surface area contributed by atoms with Gasteiger partial charge in [-0.2, -0.15) is 10.1 Å². The molecule has 0 spiro atoms. The fourth-order valence-electron chi connectivity index (χ4n) is 2.53. The first-order valence-electron chi connectivity index (χ1n) is 7.41. The van der Waals surface area contributed by atoms with Crippen molar-refractivity contribution in [3.63, 3.8) is 0 Å². The van der Waals surface area contributed by atoms with Crippen molar-refractivity contribution in [3.8, 4) is 5.75 Å². The van der Waals surface area contributed by atoms with Crippen LogP contribution in [0.25, 0.3) is 6.08 Å². The average Bonchev–Trinajstić information content (AvgIpc) is 2.85. The summed E-state index contributed by atoms with van der Waals surface area (Å²) >= 11 is 24.2. The van der Waals surface area contributed by atoms with Crippen LogP contribution in [0.1, 0.15) is 12.5 Å². The highest BCUT2D eigenvalue weighted by Gasteiger charge is 2.29. The van der Waals surface area contributed by atoms with Crippen molar-refractivity contribution < 1.29 is 9.53 Å². The lowest BCUT2D eigenvalue weighted by Gasteiger charge is -2.13. The number of rotatable bonds is 3. The molecule has 0 radical (unpaired) electrons. The number of halogens is 4. The fourth-order valence-corrected chi connectivity index (χ4v) is 3.41. The van der Waals surface area contributed by atoms with Gasteiger partial charge in [-0.1, -0.05) is 46.4 Å². The monoisotopic (exact) mass is 428 g/mol. The predicted molar refractivity (Wildman–Crippen MR) is 108 cm³/mol. The molecule has 26 heavy (non-hydrogen) atoms. The lowest BCUT2D eigenvalue weighted by atomic mass is 10.1. The Morgan fingerprint density at radius 1 is 1.04 bits per heavy atom. The van der Waals surface area contributed by atoms with Crippen LogP contribution in [0.4, 0.5) is 5.69 Å². The topological polar surface area (TPSA) is 41.9 Å². The molecule has 2 aromatic rings. The third kappa shape index (κ3) is 3.55. The van der Waals surface area contributed by atoms with E-state index < -0.39 is 0 Å². The number of anilines is 1. The molecule has 0 atom stereocenters. The number of hydrazone groups is 1. The smallest absolute Gasteiger partial charge is 0.280 e. The molecular formula is C18H12Cl4N2O2. The highest BCUT2D eigenvalue weighted by molar-refractivity contribution is 6.42. The number of nitrogens with zero attached hydrogens (tertiary/aromatic N) is 2. The molecule has 0 unspecified atom stereocenters. The molecule has 1 aliphatic rings. The van der Waals surface area contributed by atoms with Crippen LogP contribution in [0.15, 0.2) is 41.0 Å². The molecule has 3 rings (SSSR count). The molecule has 0 aliphatic carbocycles. The third-order valence-electron chi connectivity index (χ3n) is 3.75. The second kappa shape index (κ2) is 7.49. The van der Waals surface area contributed by atoms with Gasteiger partial charge in [0.2, 0.25) is 0 Å². The Morgan fingerprint density at radius 2 is 1.77 bits per heavy atom. The lowest BCUT2D eigenvalue weighted by Crippen LogP contribution is -2.21. The quantitative estimate of drug-likeness (QED) is 0.552. The van der Waals surface area contributed by atoms with E-state index in [1.54, 1.807) is 43.3 Å². The van der Waals surface area contributed by atoms with Crippen molar-refractivity contribution in [1.82, 2.24) is 0 Å². The summed E-state index contributed by atoms with van der Waals surface area (Å²) in [6.07, 6.45) is 1.65. The lowest BCUT2D eigenvalue weighted by molar-refractivity contribution is -0.114. The number of benzene rings is 2. The minimum atomic E-state index is -0.306. The normalized spacial score (nSPS) is 15.6. The minimum absolute atomic E-state index is 0.306. The Balaban J connectivity index is 2.03. The molecule has 0 N–H and O–H groups in total. The standard InChI is InChI=1S/C18H12Cl4N2O2/c1-9-13(6-10-5-11(19)7-16(22)17(10)26-2)18(25)24(23-9)12-3-4-14(20)15(21)8-12/h3-8H,1-2H3/b13-6+. The number of carbonyl (C=O) groups is 1. The Hall–Kier alpha value is -1.72. The van der Waals surface area contributed by atoms with Gasteiger partial charge >= 0.3 is 0 Å². The van der Waals surface area contributed by atoms with Gasteiger partial charge in [-0.05, 0) is 43.3 Å². The number of amides is 1. The first kappa shape index (κ1) is 19.1. The van der Waals surface area contributed by atoms with E-state index in [0.717, 1.165) is 0 Å². The number of methoxy groups -OCH3 is 1. The molecule has 1 aliphatic heterocycles. The van der Waals surface area contributed by atoms with Crippen molar-refractivity contribution >= 4 is 69.8 Å². The van der Waals surface area contributed by atoms with Crippen LogP contribution >= 0.6 is 46.4 Å². The summed E-state index contributed by atoms with van der Waals surface area (Å²) in [4.78, 5) is 12.8. The van der Waals surface area contributed by atoms with Crippen LogP contribution in [0, 0.1) is 0 Å². The molecule has 1 amide bonds. The van der Waals surface area contributed by atoms with E-state index in [2.05, 4.69) is 5.10 Å². The third-order valence-corrected chi connectivity index (χ3v) is 4.99. The zero-order chi connectivity index (χ0) is 19.0. The van der Waals surface area contributed by atoms with Crippen LogP contribution in [0.5, 0.6) is 5.75 Å². The molecule has 4 nitrogen and oxygen atoms in total. The Labute approximate surface area is 170 Å². The first-order valence-corrected chi connectivity index (χ1v) is 8.93. The van der Waals surface area contributed by atoms with Gasteiger partial charge in [0.15, 0.2) is 0 Å². The van der Waals surface area contributed by atoms with Gasteiger partial charge in [0, 0.05) is 10.6 Å². The number of carbonyl (C=O) groups excluding carboxylic acids is 1. The second-order valence-corrected chi connectivity index (χ2v) is 7.13. The summed E-state index contributed by atoms with van der Waals surface area (Å²) in [6, 6.07) is 8.10. The van der Waals surface area contributed by atoms with E-state index >= 15 is 0 Å². The maximum absolute atomic E-state index is 12.8. The molecule has 0 saturated carbocycles. The zero-order valence-electron chi connectivity index (χ0n) is 13.7. The predicted octanol–water partition coefficient (Wildman–Crippen LogP) is 6.11. The summed E-state index contributed by atoms with van der Waals surface area (Å²) < 4.78 is 5.32. The summed E-state index contributed by atoms with van der Waals surface area (Å²) in [7, 11) is 1.50. The van der Waals surface area contributed by atoms with Crippen molar-refractivity contribution in [1.29, 1.82) is 0 Å². The summed E-state index contributed by atoms with van der Waals surface area (Å²) in [5.41, 5.74) is 2.04. The Kier molecular flexibility index (Phi) is 5.49. The van der Waals surface area contributed by atoms with Crippen LogP contribution in [-0.2, 0) is 4.79 Å². The molecular weight excluding hydrogens is 418 g/mol. The van der Waals surface area contributed by atoms with E-state index in [1.807, 2.05) is 0 Å². The van der Waals surface area contributed by atoms with Gasteiger partial charge in [-0.25, -0.2) is 0 Å². The van der Waals surface area contributed by atoms with Crippen LogP contribution in [0.2, 0.25) is 20.1 Å². The van der Waals surface area contributed by atoms with Crippen LogP contribution in [-0.4, -0.2) is 18.7 Å². The van der Waals surface area contributed by atoms with Gasteiger partial charge < -0.3 is 4.74 Å². The zero-order valence-corrected chi connectivity index (χ0v) is 16.7. The molecule has 0 bridgehead atoms. The Bertz CT molecular complexity index is 970. The van der Waals surface area contributed by atoms with E-state index in [1.165, 1.54) is 12.1 Å². The number of hydrogen-bond donors (Lipinski definition) is 0. The molecule has 2 aromatic carbocycles. The Morgan fingerprint density at radius 3 is 2.42 bits per heavy atom. The average molecular weight is 430 g/mol. The SMILES string of the molecule is COc1c(Cl)cc(Cl)cc1/C=C1/C(=O)N(c2ccc(Cl)c(Cl)c2)N=C1C. The molecule has 0 fully saturated rings. The van der Waals surface area contributed by atoms with Crippen molar-refractivity contribution in [2.24, 2.45) is 5.10 Å². The van der Waals surface area contributed by atoms with E-state index in [0.29, 0.717) is 48.4 Å². The van der Waals surface area contributed by atoms with Gasteiger partial charge in [-0.15, -0.1) is 0 Å². The van der Waals surface area contributed by atoms with Gasteiger partial charge in [0.25, 0.3) is 5.91 Å². The molecule has 1 heterocycles. The van der Waals surface area contributed by atoms with Gasteiger partial charge in [-0.3, -0.25) is 4.79 Å². The maximum Gasteiger partial charge on any atom is 0.280 e. The number of hydrogen-bond acceptors (Lipinski definition) is 3. The maximum atomic E-state index is 12.8. The second-order valence-electron chi connectivity index (χ2n) is 5.47. The highest BCUT2D eigenvalue weighted by atomic mass is 35.5. The molecule has 8 heteroatoms. The van der Waals surface area contributed by atoms with E-state index in [4.69, 9.17) is 51.1 Å². The van der Waals surface area contributed by atoms with Gasteiger partial charge in [0.05, 0.1) is 39.1 Å². The van der Waals surface area contributed by atoms with Crippen molar-refractivity contribution in [2.45, 2.75) is 6.92 Å². The first-order chi connectivity index (χ1) is 12.3. The van der Waals surface area contributed by atoms with E-state index in [9.17, 15) is 4.79 Å². The summed E-state index contributed by atoms with van der Waals surface area (Å²) in [5, 5.41) is 7.11. The van der Waals surface area contributed by atoms with Crippen molar-refractivity contribution in [2.75, 3.05) is 12.1 Å². The van der Waals surface area contributed by atoms with Crippen LogP contribution < -0.4 is 9.75 Å². The number of ether oxygens (including phenoxy) is 1. The minimum Gasteiger partial charge on any atom is -0.495 e. The van der Waals surface area contributed by atoms with Gasteiger partial charge in [0.1, 0.15) is 5.75 Å². The van der Waals surface area contributed by atoms with E-state index in [-0.39, 0.29) is 5.91 Å². The molecule has 0 aromatic heterocycles. The highest BCUT2D eigenvalue weighted by Crippen LogP contribution is 2.35. The molecule has 0 saturated heterocycles. The van der Waals surface area contributed by atoms with Crippen molar-refractivity contribution in [3.05, 3.63) is 61.6 Å². The summed E-state index contributed by atoms with van der Waals surface area (Å²) in [5.74, 6) is 0.121.